The van der Waals surface area contributed by atoms with Gasteiger partial charge in [0, 0.05) is 5.56 Å². The summed E-state index contributed by atoms with van der Waals surface area (Å²) in [5.74, 6) is 1.11. The Hall–Kier alpha value is -1.81. The molecule has 0 unspecified atom stereocenters. The van der Waals surface area contributed by atoms with Crippen molar-refractivity contribution in [1.29, 1.82) is 0 Å². The highest BCUT2D eigenvalue weighted by molar-refractivity contribution is 8.03. The summed E-state index contributed by atoms with van der Waals surface area (Å²) in [5.41, 5.74) is 3.40. The lowest BCUT2D eigenvalue weighted by molar-refractivity contribution is 0.542. The molecule has 1 atom stereocenters. The number of allylic oxidation sites excluding steroid dienone is 4. The summed E-state index contributed by atoms with van der Waals surface area (Å²) in [7, 11) is 0. The SMILES string of the molecule is CCSC1=C([C@H](C)n2cc(-c3ccccc3)nn2)C=CC1. The summed E-state index contributed by atoms with van der Waals surface area (Å²) in [4.78, 5) is 1.46. The van der Waals surface area contributed by atoms with E-state index in [9.17, 15) is 0 Å². The quantitative estimate of drug-likeness (QED) is 0.815. The minimum atomic E-state index is 0.225. The topological polar surface area (TPSA) is 30.7 Å². The molecule has 2 aromatic rings. The van der Waals surface area contributed by atoms with Crippen molar-refractivity contribution in [3.8, 4) is 11.3 Å². The molecule has 108 valence electrons. The highest BCUT2D eigenvalue weighted by atomic mass is 32.2. The number of benzene rings is 1. The molecule has 4 heteroatoms. The Kier molecular flexibility index (Phi) is 4.25. The molecule has 3 nitrogen and oxygen atoms in total. The number of hydrogen-bond donors (Lipinski definition) is 0. The van der Waals surface area contributed by atoms with Crippen LogP contribution in [0.2, 0.25) is 0 Å². The third kappa shape index (κ3) is 2.95. The number of aromatic nitrogens is 3. The standard InChI is InChI=1S/C17H19N3S/c1-3-21-17-11-7-10-15(17)13(2)20-12-16(18-19-20)14-8-5-4-6-9-14/h4-10,12-13H,3,11H2,1-2H3/t13-/m0/s1. The van der Waals surface area contributed by atoms with Crippen molar-refractivity contribution < 1.29 is 0 Å². The largest absolute Gasteiger partial charge is 0.245 e. The first kappa shape index (κ1) is 14.1. The van der Waals surface area contributed by atoms with Crippen molar-refractivity contribution in [3.63, 3.8) is 0 Å². The molecule has 1 aromatic carbocycles. The van der Waals surface area contributed by atoms with Crippen LogP contribution < -0.4 is 0 Å². The first-order valence-corrected chi connectivity index (χ1v) is 8.27. The molecule has 1 heterocycles. The van der Waals surface area contributed by atoms with Gasteiger partial charge in [-0.2, -0.15) is 0 Å². The molecule has 0 N–H and O–H groups in total. The zero-order valence-electron chi connectivity index (χ0n) is 12.4. The van der Waals surface area contributed by atoms with Gasteiger partial charge in [-0.1, -0.05) is 54.6 Å². The van der Waals surface area contributed by atoms with Crippen molar-refractivity contribution in [2.75, 3.05) is 5.75 Å². The Morgan fingerprint density at radius 1 is 1.29 bits per heavy atom. The lowest BCUT2D eigenvalue weighted by Crippen LogP contribution is -2.08. The van der Waals surface area contributed by atoms with E-state index in [4.69, 9.17) is 0 Å². The predicted octanol–water partition coefficient (Wildman–Crippen LogP) is 4.47. The molecule has 0 spiro atoms. The molecule has 1 aromatic heterocycles. The van der Waals surface area contributed by atoms with Crippen LogP contribution in [-0.2, 0) is 0 Å². The molecular formula is C17H19N3S. The van der Waals surface area contributed by atoms with Gasteiger partial charge in [0.25, 0.3) is 0 Å². The monoisotopic (exact) mass is 297 g/mol. The van der Waals surface area contributed by atoms with Crippen molar-refractivity contribution in [2.45, 2.75) is 26.3 Å². The molecule has 1 aliphatic rings. The molecule has 0 fully saturated rings. The minimum Gasteiger partial charge on any atom is -0.245 e. The molecule has 0 saturated carbocycles. The van der Waals surface area contributed by atoms with Crippen LogP contribution in [-0.4, -0.2) is 20.7 Å². The van der Waals surface area contributed by atoms with Crippen LogP contribution in [0.4, 0.5) is 0 Å². The van der Waals surface area contributed by atoms with E-state index in [-0.39, 0.29) is 6.04 Å². The fraction of sp³-hybridized carbons (Fsp3) is 0.294. The molecule has 21 heavy (non-hydrogen) atoms. The first-order chi connectivity index (χ1) is 10.3. The second kappa shape index (κ2) is 6.31. The third-order valence-corrected chi connectivity index (χ3v) is 4.71. The van der Waals surface area contributed by atoms with Crippen molar-refractivity contribution in [2.24, 2.45) is 0 Å². The van der Waals surface area contributed by atoms with Gasteiger partial charge in [-0.05, 0) is 29.6 Å². The van der Waals surface area contributed by atoms with E-state index < -0.39 is 0 Å². The van der Waals surface area contributed by atoms with Crippen molar-refractivity contribution in [3.05, 3.63) is 59.2 Å². The van der Waals surface area contributed by atoms with Crippen LogP contribution in [0.15, 0.2) is 59.2 Å². The average Bonchev–Trinajstić information content (AvgIpc) is 3.17. The highest BCUT2D eigenvalue weighted by Crippen LogP contribution is 2.35. The Labute approximate surface area is 129 Å². The first-order valence-electron chi connectivity index (χ1n) is 7.29. The summed E-state index contributed by atoms with van der Waals surface area (Å²) in [6.07, 6.45) is 7.55. The Bertz CT molecular complexity index is 670. The normalized spacial score (nSPS) is 15.7. The minimum absolute atomic E-state index is 0.225. The number of hydrogen-bond acceptors (Lipinski definition) is 3. The van der Waals surface area contributed by atoms with E-state index in [1.807, 2.05) is 40.8 Å². The summed E-state index contributed by atoms with van der Waals surface area (Å²) < 4.78 is 1.96. The summed E-state index contributed by atoms with van der Waals surface area (Å²) in [6.45, 7) is 4.38. The van der Waals surface area contributed by atoms with Crippen LogP contribution in [0.3, 0.4) is 0 Å². The second-order valence-corrected chi connectivity index (χ2v) is 6.40. The Morgan fingerprint density at radius 2 is 2.10 bits per heavy atom. The fourth-order valence-electron chi connectivity index (χ4n) is 2.54. The molecule has 0 bridgehead atoms. The molecule has 3 rings (SSSR count). The number of rotatable bonds is 5. The Balaban J connectivity index is 1.86. The summed E-state index contributed by atoms with van der Waals surface area (Å²) in [5, 5.41) is 8.63. The van der Waals surface area contributed by atoms with Gasteiger partial charge in [-0.15, -0.1) is 16.9 Å². The smallest absolute Gasteiger partial charge is 0.113 e. The average molecular weight is 297 g/mol. The van der Waals surface area contributed by atoms with E-state index in [1.165, 1.54) is 10.5 Å². The van der Waals surface area contributed by atoms with Gasteiger partial charge in [0.05, 0.1) is 12.2 Å². The molecule has 0 saturated heterocycles. The van der Waals surface area contributed by atoms with Gasteiger partial charge >= 0.3 is 0 Å². The predicted molar refractivity (Wildman–Crippen MR) is 89.1 cm³/mol. The number of nitrogens with zero attached hydrogens (tertiary/aromatic N) is 3. The van der Waals surface area contributed by atoms with Crippen LogP contribution in [0.5, 0.6) is 0 Å². The van der Waals surface area contributed by atoms with Gasteiger partial charge in [-0.3, -0.25) is 0 Å². The van der Waals surface area contributed by atoms with E-state index in [0.29, 0.717) is 0 Å². The van der Waals surface area contributed by atoms with E-state index in [1.54, 1.807) is 0 Å². The van der Waals surface area contributed by atoms with E-state index >= 15 is 0 Å². The van der Waals surface area contributed by atoms with Crippen LogP contribution >= 0.6 is 11.8 Å². The van der Waals surface area contributed by atoms with Gasteiger partial charge in [0.1, 0.15) is 5.69 Å². The lowest BCUT2D eigenvalue weighted by atomic mass is 10.1. The van der Waals surface area contributed by atoms with Gasteiger partial charge in [-0.25, -0.2) is 4.68 Å². The van der Waals surface area contributed by atoms with E-state index in [2.05, 4.69) is 48.4 Å². The van der Waals surface area contributed by atoms with Crippen molar-refractivity contribution in [1.82, 2.24) is 15.0 Å². The lowest BCUT2D eigenvalue weighted by Gasteiger charge is -2.14. The van der Waals surface area contributed by atoms with Crippen LogP contribution in [0.25, 0.3) is 11.3 Å². The van der Waals surface area contributed by atoms with E-state index in [0.717, 1.165) is 23.4 Å². The van der Waals surface area contributed by atoms with Crippen LogP contribution in [0, 0.1) is 0 Å². The molecule has 0 radical (unpaired) electrons. The van der Waals surface area contributed by atoms with Crippen LogP contribution in [0.1, 0.15) is 26.3 Å². The highest BCUT2D eigenvalue weighted by Gasteiger charge is 2.18. The summed E-state index contributed by atoms with van der Waals surface area (Å²) >= 11 is 1.93. The maximum absolute atomic E-state index is 4.32. The Morgan fingerprint density at radius 3 is 2.86 bits per heavy atom. The fourth-order valence-corrected chi connectivity index (χ4v) is 3.51. The van der Waals surface area contributed by atoms with Gasteiger partial charge in [0.15, 0.2) is 0 Å². The van der Waals surface area contributed by atoms with Gasteiger partial charge < -0.3 is 0 Å². The maximum Gasteiger partial charge on any atom is 0.113 e. The van der Waals surface area contributed by atoms with Crippen molar-refractivity contribution >= 4 is 11.8 Å². The molecule has 1 aliphatic carbocycles. The second-order valence-electron chi connectivity index (χ2n) is 5.04. The van der Waals surface area contributed by atoms with Gasteiger partial charge in [0.2, 0.25) is 0 Å². The number of thioether (sulfide) groups is 1. The zero-order chi connectivity index (χ0) is 14.7. The molecule has 0 aliphatic heterocycles. The summed E-state index contributed by atoms with van der Waals surface area (Å²) in [6, 6.07) is 10.4. The zero-order valence-corrected chi connectivity index (χ0v) is 13.2. The maximum atomic E-state index is 4.32. The molecular weight excluding hydrogens is 278 g/mol. The molecule has 0 amide bonds. The third-order valence-electron chi connectivity index (χ3n) is 3.67.